The molecule has 3 heteroatoms. The summed E-state index contributed by atoms with van der Waals surface area (Å²) >= 11 is 0. The summed E-state index contributed by atoms with van der Waals surface area (Å²) in [4.78, 5) is 12.2. The van der Waals surface area contributed by atoms with Crippen molar-refractivity contribution >= 4 is 5.91 Å². The summed E-state index contributed by atoms with van der Waals surface area (Å²) in [7, 11) is 1.73. The van der Waals surface area contributed by atoms with Crippen LogP contribution >= 0.6 is 0 Å². The van der Waals surface area contributed by atoms with Gasteiger partial charge in [0.1, 0.15) is 0 Å². The first-order chi connectivity index (χ1) is 5.54. The fraction of sp³-hybridized carbons (Fsp3) is 0.889. The fourth-order valence-corrected chi connectivity index (χ4v) is 0.538. The number of aliphatic hydroxyl groups is 1. The molecule has 1 unspecified atom stereocenters. The molecule has 0 aromatic rings. The zero-order valence-electron chi connectivity index (χ0n) is 8.79. The molecular formula is C9H21NO2. The first-order valence-electron chi connectivity index (χ1n) is 4.43. The van der Waals surface area contributed by atoms with Crippen molar-refractivity contribution in [2.24, 2.45) is 0 Å². The second-order valence-electron chi connectivity index (χ2n) is 2.58. The third-order valence-electron chi connectivity index (χ3n) is 1.42. The van der Waals surface area contributed by atoms with E-state index in [1.54, 1.807) is 18.9 Å². The lowest BCUT2D eigenvalue weighted by Crippen LogP contribution is -2.26. The van der Waals surface area contributed by atoms with Crippen molar-refractivity contribution < 1.29 is 9.90 Å². The normalized spacial score (nSPS) is 11.2. The van der Waals surface area contributed by atoms with Gasteiger partial charge in [0.15, 0.2) is 0 Å². The van der Waals surface area contributed by atoms with Gasteiger partial charge in [-0.1, -0.05) is 13.8 Å². The Morgan fingerprint density at radius 3 is 2.17 bits per heavy atom. The number of carbonyl (C=O) groups is 1. The quantitative estimate of drug-likeness (QED) is 0.701. The van der Waals surface area contributed by atoms with E-state index >= 15 is 0 Å². The number of amides is 1. The van der Waals surface area contributed by atoms with Gasteiger partial charge >= 0.3 is 0 Å². The van der Waals surface area contributed by atoms with Crippen LogP contribution in [0, 0.1) is 0 Å². The lowest BCUT2D eigenvalue weighted by Gasteiger charge is -2.14. The molecule has 74 valence electrons. The number of hydrogen-bond acceptors (Lipinski definition) is 2. The predicted octanol–water partition coefficient (Wildman–Crippen LogP) is 1.26. The molecule has 1 amide bonds. The van der Waals surface area contributed by atoms with Crippen LogP contribution < -0.4 is 0 Å². The van der Waals surface area contributed by atoms with Gasteiger partial charge in [0.2, 0.25) is 5.91 Å². The molecule has 0 rings (SSSR count). The highest BCUT2D eigenvalue weighted by molar-refractivity contribution is 5.72. The molecule has 0 aliphatic rings. The maximum atomic E-state index is 10.6. The van der Waals surface area contributed by atoms with Crippen molar-refractivity contribution in [1.29, 1.82) is 0 Å². The van der Waals surface area contributed by atoms with Crippen molar-refractivity contribution in [2.75, 3.05) is 13.6 Å². The van der Waals surface area contributed by atoms with Gasteiger partial charge in [-0.25, -0.2) is 0 Å². The summed E-state index contributed by atoms with van der Waals surface area (Å²) in [5.74, 6) is 0.0423. The molecule has 0 bridgehead atoms. The Labute approximate surface area is 75.4 Å². The lowest BCUT2D eigenvalue weighted by molar-refractivity contribution is -0.127. The van der Waals surface area contributed by atoms with Crippen molar-refractivity contribution in [2.45, 2.75) is 40.2 Å². The molecule has 0 aromatic carbocycles. The Morgan fingerprint density at radius 2 is 1.92 bits per heavy atom. The Morgan fingerprint density at radius 1 is 1.50 bits per heavy atom. The highest BCUT2D eigenvalue weighted by Crippen LogP contribution is 1.92. The maximum absolute atomic E-state index is 10.6. The molecule has 1 atom stereocenters. The predicted molar refractivity (Wildman–Crippen MR) is 51.0 cm³/mol. The number of hydrogen-bond donors (Lipinski definition) is 1. The molecule has 0 aromatic heterocycles. The summed E-state index contributed by atoms with van der Waals surface area (Å²) in [6.45, 7) is 7.86. The first-order valence-corrected chi connectivity index (χ1v) is 4.43. The van der Waals surface area contributed by atoms with Gasteiger partial charge in [0.25, 0.3) is 0 Å². The topological polar surface area (TPSA) is 40.5 Å². The summed E-state index contributed by atoms with van der Waals surface area (Å²) in [6.07, 6.45) is 0.331. The maximum Gasteiger partial charge on any atom is 0.219 e. The van der Waals surface area contributed by atoms with Crippen LogP contribution in [0.25, 0.3) is 0 Å². The molecular weight excluding hydrogens is 154 g/mol. The Balaban J connectivity index is 0. The number of aliphatic hydroxyl groups excluding tert-OH is 1. The third-order valence-corrected chi connectivity index (χ3v) is 1.42. The average molecular weight is 175 g/mol. The smallest absolute Gasteiger partial charge is 0.219 e. The molecule has 0 aliphatic carbocycles. The van der Waals surface area contributed by atoms with Gasteiger partial charge in [-0.05, 0) is 13.3 Å². The molecule has 0 radical (unpaired) electrons. The summed E-state index contributed by atoms with van der Waals surface area (Å²) in [5.41, 5.74) is 0. The standard InChI is InChI=1S/C7H15NO2.C2H6/c1-6(9)4-5-8(3)7(2)10;1-2/h6,9H,4-5H2,1-3H3;1-2H3. The van der Waals surface area contributed by atoms with Crippen molar-refractivity contribution in [3.8, 4) is 0 Å². The van der Waals surface area contributed by atoms with Gasteiger partial charge < -0.3 is 10.0 Å². The Kier molecular flexibility index (Phi) is 9.93. The van der Waals surface area contributed by atoms with E-state index in [9.17, 15) is 4.79 Å². The van der Waals surface area contributed by atoms with Crippen LogP contribution in [0.4, 0.5) is 0 Å². The van der Waals surface area contributed by atoms with E-state index in [0.29, 0.717) is 13.0 Å². The second kappa shape index (κ2) is 8.53. The van der Waals surface area contributed by atoms with Crippen LogP contribution in [-0.4, -0.2) is 35.6 Å². The van der Waals surface area contributed by atoms with Crippen LogP contribution in [0.1, 0.15) is 34.1 Å². The minimum Gasteiger partial charge on any atom is -0.393 e. The molecule has 0 aliphatic heterocycles. The van der Waals surface area contributed by atoms with Crippen LogP contribution in [0.2, 0.25) is 0 Å². The monoisotopic (exact) mass is 175 g/mol. The fourth-order valence-electron chi connectivity index (χ4n) is 0.538. The summed E-state index contributed by atoms with van der Waals surface area (Å²) in [5, 5.41) is 8.85. The average Bonchev–Trinajstić information content (AvgIpc) is 2.03. The zero-order valence-corrected chi connectivity index (χ0v) is 8.79. The number of rotatable bonds is 3. The van der Waals surface area contributed by atoms with Crippen molar-refractivity contribution in [3.05, 3.63) is 0 Å². The van der Waals surface area contributed by atoms with Crippen LogP contribution in [-0.2, 0) is 4.79 Å². The van der Waals surface area contributed by atoms with Crippen LogP contribution in [0.3, 0.4) is 0 Å². The van der Waals surface area contributed by atoms with E-state index in [2.05, 4.69) is 0 Å². The van der Waals surface area contributed by atoms with E-state index in [0.717, 1.165) is 0 Å². The van der Waals surface area contributed by atoms with E-state index in [-0.39, 0.29) is 12.0 Å². The van der Waals surface area contributed by atoms with Gasteiger partial charge in [0.05, 0.1) is 6.10 Å². The minimum atomic E-state index is -0.318. The van der Waals surface area contributed by atoms with Crippen molar-refractivity contribution in [1.82, 2.24) is 4.90 Å². The van der Waals surface area contributed by atoms with E-state index in [1.807, 2.05) is 13.8 Å². The van der Waals surface area contributed by atoms with E-state index in [1.165, 1.54) is 6.92 Å². The Bertz CT molecular complexity index is 113. The minimum absolute atomic E-state index is 0.0423. The molecule has 0 saturated carbocycles. The van der Waals surface area contributed by atoms with Gasteiger partial charge in [0, 0.05) is 20.5 Å². The van der Waals surface area contributed by atoms with Crippen molar-refractivity contribution in [3.63, 3.8) is 0 Å². The zero-order chi connectivity index (χ0) is 10.1. The van der Waals surface area contributed by atoms with Gasteiger partial charge in [-0.2, -0.15) is 0 Å². The lowest BCUT2D eigenvalue weighted by atomic mass is 10.3. The summed E-state index contributed by atoms with van der Waals surface area (Å²) < 4.78 is 0. The molecule has 3 nitrogen and oxygen atoms in total. The number of nitrogens with zero attached hydrogens (tertiary/aromatic N) is 1. The first kappa shape index (κ1) is 14.0. The Hall–Kier alpha value is -0.570. The second-order valence-corrected chi connectivity index (χ2v) is 2.58. The molecule has 12 heavy (non-hydrogen) atoms. The van der Waals surface area contributed by atoms with E-state index in [4.69, 9.17) is 5.11 Å². The molecule has 0 fully saturated rings. The molecule has 0 saturated heterocycles. The van der Waals surface area contributed by atoms with E-state index < -0.39 is 0 Å². The number of carbonyl (C=O) groups excluding carboxylic acids is 1. The van der Waals surface area contributed by atoms with Crippen LogP contribution in [0.5, 0.6) is 0 Å². The SMILES string of the molecule is CC.CC(=O)N(C)CCC(C)O. The molecule has 1 N–H and O–H groups in total. The van der Waals surface area contributed by atoms with Gasteiger partial charge in [-0.15, -0.1) is 0 Å². The third kappa shape index (κ3) is 9.43. The highest BCUT2D eigenvalue weighted by atomic mass is 16.3. The molecule has 0 spiro atoms. The highest BCUT2D eigenvalue weighted by Gasteiger charge is 2.02. The molecule has 0 heterocycles. The van der Waals surface area contributed by atoms with Crippen LogP contribution in [0.15, 0.2) is 0 Å². The van der Waals surface area contributed by atoms with Gasteiger partial charge in [-0.3, -0.25) is 4.79 Å². The summed E-state index contributed by atoms with van der Waals surface area (Å²) in [6, 6.07) is 0. The largest absolute Gasteiger partial charge is 0.393 e.